The topological polar surface area (TPSA) is 62.5 Å². The molecule has 4 nitrogen and oxygen atoms in total. The number of benzene rings is 1. The minimum absolute atomic E-state index is 0.0817. The summed E-state index contributed by atoms with van der Waals surface area (Å²) in [5.41, 5.74) is -0.870. The van der Waals surface area contributed by atoms with Gasteiger partial charge in [0.2, 0.25) is 5.91 Å². The molecule has 124 valence electrons. The average Bonchev–Trinajstić information content (AvgIpc) is 2.99. The Morgan fingerprint density at radius 2 is 2.00 bits per heavy atom. The first-order chi connectivity index (χ1) is 10.7. The molecular weight excluding hydrogens is 314 g/mol. The van der Waals surface area contributed by atoms with Gasteiger partial charge in [-0.05, 0) is 43.2 Å². The molecule has 1 heterocycles. The van der Waals surface area contributed by atoms with Crippen LogP contribution in [0.25, 0.3) is 0 Å². The van der Waals surface area contributed by atoms with Crippen LogP contribution in [0, 0.1) is 5.41 Å². The Balaban J connectivity index is 1.98. The van der Waals surface area contributed by atoms with Gasteiger partial charge in [0.15, 0.2) is 0 Å². The van der Waals surface area contributed by atoms with Gasteiger partial charge in [-0.15, -0.1) is 0 Å². The van der Waals surface area contributed by atoms with E-state index < -0.39 is 11.0 Å². The van der Waals surface area contributed by atoms with Gasteiger partial charge in [-0.3, -0.25) is 4.79 Å². The monoisotopic (exact) mass is 335 g/mol. The third kappa shape index (κ3) is 4.60. The first kappa shape index (κ1) is 17.6. The van der Waals surface area contributed by atoms with Gasteiger partial charge in [-0.25, -0.2) is 0 Å². The van der Waals surface area contributed by atoms with E-state index in [4.69, 9.17) is 16.0 Å². The van der Waals surface area contributed by atoms with E-state index in [1.165, 1.54) is 6.26 Å². The number of rotatable bonds is 6. The van der Waals surface area contributed by atoms with Crippen molar-refractivity contribution in [3.8, 4) is 0 Å². The van der Waals surface area contributed by atoms with Crippen LogP contribution < -0.4 is 5.32 Å². The van der Waals surface area contributed by atoms with Crippen molar-refractivity contribution in [2.45, 2.75) is 32.8 Å². The first-order valence-corrected chi connectivity index (χ1v) is 7.88. The Morgan fingerprint density at radius 3 is 2.61 bits per heavy atom. The van der Waals surface area contributed by atoms with Crippen LogP contribution in [0.5, 0.6) is 0 Å². The first-order valence-electron chi connectivity index (χ1n) is 7.50. The summed E-state index contributed by atoms with van der Waals surface area (Å²) >= 11 is 5.99. The van der Waals surface area contributed by atoms with Gasteiger partial charge >= 0.3 is 0 Å². The summed E-state index contributed by atoms with van der Waals surface area (Å²) in [6.45, 7) is 5.42. The Hall–Kier alpha value is -1.78. The maximum Gasteiger partial charge on any atom is 0.226 e. The Labute approximate surface area is 141 Å². The van der Waals surface area contributed by atoms with Crippen molar-refractivity contribution >= 4 is 17.5 Å². The van der Waals surface area contributed by atoms with Crippen LogP contribution in [0.15, 0.2) is 47.1 Å². The minimum Gasteiger partial charge on any atom is -0.466 e. The molecule has 0 saturated carbocycles. The van der Waals surface area contributed by atoms with Gasteiger partial charge in [-0.1, -0.05) is 37.6 Å². The lowest BCUT2D eigenvalue weighted by molar-refractivity contribution is -0.130. The standard InChI is InChI=1S/C18H22ClNO3/c1-17(2,11-13-6-4-7-14(19)10-13)16(21)20-12-18(3,22)15-8-5-9-23-15/h4-10,22H,11-12H2,1-3H3,(H,20,21). The summed E-state index contributed by atoms with van der Waals surface area (Å²) < 4.78 is 5.21. The zero-order chi connectivity index (χ0) is 17.1. The van der Waals surface area contributed by atoms with Crippen LogP contribution in [0.3, 0.4) is 0 Å². The number of nitrogens with one attached hydrogen (secondary N) is 1. The maximum atomic E-state index is 12.5. The van der Waals surface area contributed by atoms with Gasteiger partial charge in [-0.2, -0.15) is 0 Å². The van der Waals surface area contributed by atoms with Crippen molar-refractivity contribution in [2.75, 3.05) is 6.54 Å². The summed E-state index contributed by atoms with van der Waals surface area (Å²) in [5.74, 6) is 0.287. The molecule has 2 N–H and O–H groups in total. The molecule has 1 aromatic heterocycles. The summed E-state index contributed by atoms with van der Waals surface area (Å²) in [7, 11) is 0. The molecule has 0 aliphatic heterocycles. The molecule has 2 rings (SSSR count). The minimum atomic E-state index is -1.24. The summed E-state index contributed by atoms with van der Waals surface area (Å²) in [5, 5.41) is 13.8. The molecule has 1 atom stereocenters. The average molecular weight is 336 g/mol. The fraction of sp³-hybridized carbons (Fsp3) is 0.389. The second kappa shape index (κ2) is 6.77. The smallest absolute Gasteiger partial charge is 0.226 e. The van der Waals surface area contributed by atoms with E-state index in [1.807, 2.05) is 32.0 Å². The number of hydrogen-bond donors (Lipinski definition) is 2. The van der Waals surface area contributed by atoms with E-state index in [2.05, 4.69) is 5.32 Å². The zero-order valence-corrected chi connectivity index (χ0v) is 14.4. The van der Waals surface area contributed by atoms with Crippen molar-refractivity contribution in [1.82, 2.24) is 5.32 Å². The van der Waals surface area contributed by atoms with Crippen LogP contribution in [-0.4, -0.2) is 17.6 Å². The molecule has 1 unspecified atom stereocenters. The lowest BCUT2D eigenvalue weighted by Gasteiger charge is -2.27. The third-order valence-electron chi connectivity index (χ3n) is 3.79. The summed E-state index contributed by atoms with van der Waals surface area (Å²) in [6, 6.07) is 10.9. The van der Waals surface area contributed by atoms with Gasteiger partial charge in [0, 0.05) is 10.4 Å². The quantitative estimate of drug-likeness (QED) is 0.849. The number of carbonyl (C=O) groups is 1. The molecule has 0 saturated heterocycles. The molecule has 23 heavy (non-hydrogen) atoms. The highest BCUT2D eigenvalue weighted by atomic mass is 35.5. The van der Waals surface area contributed by atoms with Gasteiger partial charge in [0.25, 0.3) is 0 Å². The van der Waals surface area contributed by atoms with Crippen molar-refractivity contribution in [3.05, 3.63) is 59.0 Å². The number of aliphatic hydroxyl groups is 1. The molecule has 5 heteroatoms. The van der Waals surface area contributed by atoms with E-state index in [0.29, 0.717) is 17.2 Å². The zero-order valence-electron chi connectivity index (χ0n) is 13.6. The van der Waals surface area contributed by atoms with E-state index in [1.54, 1.807) is 25.1 Å². The lowest BCUT2D eigenvalue weighted by Crippen LogP contribution is -2.44. The molecule has 1 aromatic carbocycles. The van der Waals surface area contributed by atoms with Crippen molar-refractivity contribution in [3.63, 3.8) is 0 Å². The highest BCUT2D eigenvalue weighted by Crippen LogP contribution is 2.25. The molecule has 0 aliphatic rings. The summed E-state index contributed by atoms with van der Waals surface area (Å²) in [4.78, 5) is 12.5. The predicted octanol–water partition coefficient (Wildman–Crippen LogP) is 3.53. The van der Waals surface area contributed by atoms with Gasteiger partial charge < -0.3 is 14.8 Å². The Bertz CT molecular complexity index is 663. The van der Waals surface area contributed by atoms with Crippen LogP contribution in [-0.2, 0) is 16.8 Å². The second-order valence-corrected chi connectivity index (χ2v) is 7.06. The fourth-order valence-corrected chi connectivity index (χ4v) is 2.61. The fourth-order valence-electron chi connectivity index (χ4n) is 2.40. The molecule has 0 radical (unpaired) electrons. The van der Waals surface area contributed by atoms with E-state index >= 15 is 0 Å². The van der Waals surface area contributed by atoms with E-state index in [9.17, 15) is 9.90 Å². The SMILES string of the molecule is CC(C)(Cc1cccc(Cl)c1)C(=O)NCC(C)(O)c1ccco1. The largest absolute Gasteiger partial charge is 0.466 e. The highest BCUT2D eigenvalue weighted by Gasteiger charge is 2.32. The molecule has 0 spiro atoms. The number of furan rings is 1. The number of halogens is 1. The number of carbonyl (C=O) groups excluding carboxylic acids is 1. The van der Waals surface area contributed by atoms with Crippen LogP contribution in [0.2, 0.25) is 5.02 Å². The molecular formula is C18H22ClNO3. The predicted molar refractivity (Wildman–Crippen MR) is 90.2 cm³/mol. The van der Waals surface area contributed by atoms with E-state index in [0.717, 1.165) is 5.56 Å². The highest BCUT2D eigenvalue weighted by molar-refractivity contribution is 6.30. The number of amides is 1. The van der Waals surface area contributed by atoms with Crippen molar-refractivity contribution in [2.24, 2.45) is 5.41 Å². The molecule has 0 fully saturated rings. The van der Waals surface area contributed by atoms with E-state index in [-0.39, 0.29) is 12.5 Å². The van der Waals surface area contributed by atoms with Crippen LogP contribution in [0.1, 0.15) is 32.1 Å². The Kier molecular flexibility index (Phi) is 5.17. The van der Waals surface area contributed by atoms with Crippen molar-refractivity contribution < 1.29 is 14.3 Å². The normalized spacial score (nSPS) is 14.3. The molecule has 2 aromatic rings. The molecule has 0 bridgehead atoms. The molecule has 1 amide bonds. The lowest BCUT2D eigenvalue weighted by atomic mass is 9.84. The van der Waals surface area contributed by atoms with Gasteiger partial charge in [0.1, 0.15) is 11.4 Å². The molecule has 0 aliphatic carbocycles. The third-order valence-corrected chi connectivity index (χ3v) is 4.03. The maximum absolute atomic E-state index is 12.5. The second-order valence-electron chi connectivity index (χ2n) is 6.62. The number of hydrogen-bond acceptors (Lipinski definition) is 3. The van der Waals surface area contributed by atoms with Crippen LogP contribution in [0.4, 0.5) is 0 Å². The van der Waals surface area contributed by atoms with Gasteiger partial charge in [0.05, 0.1) is 12.8 Å². The van der Waals surface area contributed by atoms with Crippen molar-refractivity contribution in [1.29, 1.82) is 0 Å². The Morgan fingerprint density at radius 1 is 1.26 bits per heavy atom. The van der Waals surface area contributed by atoms with Crippen LogP contribution >= 0.6 is 11.6 Å². The summed E-state index contributed by atoms with van der Waals surface area (Å²) in [6.07, 6.45) is 2.05.